The molecule has 10 nitrogen and oxygen atoms in total. The molecule has 0 atom stereocenters. The number of hydrogen-bond donors (Lipinski definition) is 2. The second-order valence-electron chi connectivity index (χ2n) is 9.67. The summed E-state index contributed by atoms with van der Waals surface area (Å²) >= 11 is 0. The van der Waals surface area contributed by atoms with Crippen LogP contribution in [0.25, 0.3) is 0 Å². The molecule has 0 unspecified atom stereocenters. The quantitative estimate of drug-likeness (QED) is 0.128. The topological polar surface area (TPSA) is 134 Å². The number of hydrogen-bond acceptors (Lipinski definition) is 8. The van der Waals surface area contributed by atoms with Crippen LogP contribution in [0.1, 0.15) is 46.4 Å². The Morgan fingerprint density at radius 1 is 0.477 bits per heavy atom. The molecule has 0 saturated carbocycles. The molecule has 226 valence electrons. The van der Waals surface area contributed by atoms with E-state index in [1.807, 2.05) is 0 Å². The van der Waals surface area contributed by atoms with Crippen LogP contribution >= 0.6 is 0 Å². The number of ether oxygens (including phenoxy) is 2. The summed E-state index contributed by atoms with van der Waals surface area (Å²) in [6, 6.07) is 29.5. The Balaban J connectivity index is 1.20. The van der Waals surface area contributed by atoms with E-state index in [0.29, 0.717) is 21.5 Å². The molecule has 4 aromatic carbocycles. The summed E-state index contributed by atoms with van der Waals surface area (Å²) < 4.78 is 11.4. The molecule has 0 aliphatic carbocycles. The zero-order chi connectivity index (χ0) is 31.3. The number of ketones is 2. The van der Waals surface area contributed by atoms with Crippen molar-refractivity contribution in [2.45, 2.75) is 25.7 Å². The van der Waals surface area contributed by atoms with Crippen molar-refractivity contribution in [3.63, 3.8) is 0 Å². The Labute approximate surface area is 254 Å². The highest BCUT2D eigenvalue weighted by Crippen LogP contribution is 2.24. The first kappa shape index (κ1) is 31.6. The molecule has 44 heavy (non-hydrogen) atoms. The lowest BCUT2D eigenvalue weighted by Crippen LogP contribution is -2.27. The average molecular weight is 597 g/mol. The van der Waals surface area contributed by atoms with E-state index in [2.05, 4.69) is 0 Å². The van der Waals surface area contributed by atoms with Crippen molar-refractivity contribution in [2.24, 2.45) is 0 Å². The fourth-order valence-electron chi connectivity index (χ4n) is 4.22. The molecular weight excluding hydrogens is 564 g/mol. The number of nitrogens with zero attached hydrogens (tertiary/aromatic N) is 2. The molecule has 0 heterocycles. The molecule has 0 aliphatic heterocycles. The zero-order valence-electron chi connectivity index (χ0n) is 23.9. The van der Waals surface area contributed by atoms with Crippen molar-refractivity contribution in [3.8, 4) is 11.5 Å². The Morgan fingerprint density at radius 2 is 0.818 bits per heavy atom. The maximum Gasteiger partial charge on any atom is 0.285 e. The van der Waals surface area contributed by atoms with Crippen LogP contribution in [0, 0.1) is 0 Å². The molecular formula is C34H32N2O8. The molecule has 10 heteroatoms. The number of amides is 2. The fourth-order valence-corrected chi connectivity index (χ4v) is 4.22. The fraction of sp³-hybridized carbons (Fsp3) is 0.176. The molecule has 0 saturated heterocycles. The lowest BCUT2D eigenvalue weighted by Gasteiger charge is -2.17. The second kappa shape index (κ2) is 15.8. The van der Waals surface area contributed by atoms with Gasteiger partial charge in [-0.15, -0.1) is 0 Å². The summed E-state index contributed by atoms with van der Waals surface area (Å²) in [4.78, 5) is 50.4. The van der Waals surface area contributed by atoms with Crippen LogP contribution in [-0.2, 0) is 9.59 Å². The van der Waals surface area contributed by atoms with Gasteiger partial charge in [0.05, 0.1) is 35.7 Å². The summed E-state index contributed by atoms with van der Waals surface area (Å²) in [6.45, 7) is -0.0142. The lowest BCUT2D eigenvalue weighted by molar-refractivity contribution is -0.124. The number of anilines is 2. The van der Waals surface area contributed by atoms with Gasteiger partial charge in [-0.1, -0.05) is 60.7 Å². The van der Waals surface area contributed by atoms with Crippen LogP contribution in [0.4, 0.5) is 11.4 Å². The minimum Gasteiger partial charge on any atom is -0.492 e. The van der Waals surface area contributed by atoms with E-state index in [1.54, 1.807) is 97.1 Å². The van der Waals surface area contributed by atoms with E-state index >= 15 is 0 Å². The van der Waals surface area contributed by atoms with E-state index in [-0.39, 0.29) is 73.1 Å². The maximum atomic E-state index is 12.8. The van der Waals surface area contributed by atoms with Crippen LogP contribution in [0.3, 0.4) is 0 Å². The number of para-hydroxylation sites is 4. The average Bonchev–Trinajstić information content (AvgIpc) is 3.07. The van der Waals surface area contributed by atoms with Crippen LogP contribution < -0.4 is 19.6 Å². The Kier molecular flexibility index (Phi) is 11.3. The van der Waals surface area contributed by atoms with Crippen LogP contribution in [0.15, 0.2) is 109 Å². The van der Waals surface area contributed by atoms with Gasteiger partial charge in [-0.25, -0.2) is 0 Å². The van der Waals surface area contributed by atoms with Crippen molar-refractivity contribution < 1.29 is 39.1 Å². The smallest absolute Gasteiger partial charge is 0.285 e. The van der Waals surface area contributed by atoms with Gasteiger partial charge in [0.25, 0.3) is 11.8 Å². The first-order valence-corrected chi connectivity index (χ1v) is 14.0. The van der Waals surface area contributed by atoms with Gasteiger partial charge in [-0.05, 0) is 48.5 Å². The van der Waals surface area contributed by atoms with Crippen molar-refractivity contribution >= 4 is 34.8 Å². The predicted octanol–water partition coefficient (Wildman–Crippen LogP) is 5.92. The largest absolute Gasteiger partial charge is 0.492 e. The Morgan fingerprint density at radius 3 is 1.20 bits per heavy atom. The summed E-state index contributed by atoms with van der Waals surface area (Å²) in [5, 5.41) is 21.7. The van der Waals surface area contributed by atoms with Crippen molar-refractivity contribution in [1.29, 1.82) is 0 Å². The van der Waals surface area contributed by atoms with Gasteiger partial charge in [-0.2, -0.15) is 10.1 Å². The molecule has 4 rings (SSSR count). The summed E-state index contributed by atoms with van der Waals surface area (Å²) in [5.41, 5.74) is 0.873. The third-order valence-corrected chi connectivity index (χ3v) is 6.58. The van der Waals surface area contributed by atoms with Gasteiger partial charge >= 0.3 is 0 Å². The first-order chi connectivity index (χ1) is 21.3. The molecule has 0 bridgehead atoms. The van der Waals surface area contributed by atoms with Crippen LogP contribution in [0.2, 0.25) is 0 Å². The molecule has 4 aromatic rings. The Bertz CT molecular complexity index is 1460. The summed E-state index contributed by atoms with van der Waals surface area (Å²) in [7, 11) is 0. The van der Waals surface area contributed by atoms with Gasteiger partial charge in [-0.3, -0.25) is 29.6 Å². The summed E-state index contributed by atoms with van der Waals surface area (Å²) in [5.74, 6) is -1.28. The van der Waals surface area contributed by atoms with Gasteiger partial charge < -0.3 is 9.47 Å². The molecule has 2 N–H and O–H groups in total. The monoisotopic (exact) mass is 596 g/mol. The molecule has 0 radical (unpaired) electrons. The lowest BCUT2D eigenvalue weighted by atomic mass is 10.1. The molecule has 0 aliphatic rings. The van der Waals surface area contributed by atoms with E-state index in [9.17, 15) is 29.6 Å². The standard InChI is InChI=1S/C34H32N2O8/c37-27(21-23-43-31-17-9-7-15-29(31)33(39)35(41)25-11-3-1-4-12-25)19-20-28(38)22-24-44-32-18-10-8-16-30(32)34(40)36(42)26-13-5-2-6-14-26/h1-18,41-42H,19-24H2. The zero-order valence-corrected chi connectivity index (χ0v) is 23.9. The van der Waals surface area contributed by atoms with Gasteiger partial charge in [0.2, 0.25) is 0 Å². The number of Topliss-reactive ketones (excluding diaryl/α,β-unsaturated/α-hetero) is 2. The predicted molar refractivity (Wildman–Crippen MR) is 162 cm³/mol. The van der Waals surface area contributed by atoms with Crippen LogP contribution in [-0.4, -0.2) is 47.0 Å². The third kappa shape index (κ3) is 8.60. The Hall–Kier alpha value is -5.32. The molecule has 0 spiro atoms. The molecule has 0 fully saturated rings. The highest BCUT2D eigenvalue weighted by molar-refractivity contribution is 6.07. The van der Waals surface area contributed by atoms with E-state index in [1.165, 1.54) is 12.1 Å². The number of hydroxylamine groups is 2. The normalized spacial score (nSPS) is 10.5. The third-order valence-electron chi connectivity index (χ3n) is 6.58. The number of carbonyl (C=O) groups is 4. The number of benzene rings is 4. The maximum absolute atomic E-state index is 12.8. The minimum absolute atomic E-state index is 0.00708. The molecule has 0 aromatic heterocycles. The second-order valence-corrected chi connectivity index (χ2v) is 9.67. The van der Waals surface area contributed by atoms with E-state index < -0.39 is 11.8 Å². The summed E-state index contributed by atoms with van der Waals surface area (Å²) in [6.07, 6.45) is 0.102. The van der Waals surface area contributed by atoms with Gasteiger partial charge in [0.1, 0.15) is 23.1 Å². The van der Waals surface area contributed by atoms with Crippen molar-refractivity contribution in [1.82, 2.24) is 0 Å². The SMILES string of the molecule is O=C(CCOc1ccccc1C(=O)N(O)c1ccccc1)CCC(=O)CCOc1ccccc1C(=O)N(O)c1ccccc1. The molecule has 2 amide bonds. The minimum atomic E-state index is -0.678. The van der Waals surface area contributed by atoms with Gasteiger partial charge in [0, 0.05) is 25.7 Å². The van der Waals surface area contributed by atoms with Crippen molar-refractivity contribution in [3.05, 3.63) is 120 Å². The first-order valence-electron chi connectivity index (χ1n) is 14.0. The van der Waals surface area contributed by atoms with E-state index in [0.717, 1.165) is 0 Å². The van der Waals surface area contributed by atoms with Crippen molar-refractivity contribution in [2.75, 3.05) is 23.3 Å². The van der Waals surface area contributed by atoms with Gasteiger partial charge in [0.15, 0.2) is 0 Å². The number of rotatable bonds is 15. The highest BCUT2D eigenvalue weighted by atomic mass is 16.5. The van der Waals surface area contributed by atoms with E-state index in [4.69, 9.17) is 9.47 Å². The van der Waals surface area contributed by atoms with Crippen LogP contribution in [0.5, 0.6) is 11.5 Å². The number of carbonyl (C=O) groups excluding carboxylic acids is 4. The highest BCUT2D eigenvalue weighted by Gasteiger charge is 2.21.